The lowest BCUT2D eigenvalue weighted by atomic mass is 10.0. The number of aromatic amines is 1. The average Bonchev–Trinajstić information content (AvgIpc) is 3.66. The third kappa shape index (κ3) is 5.57. The Labute approximate surface area is 217 Å². The smallest absolute Gasteiger partial charge is 0.251 e. The van der Waals surface area contributed by atoms with Crippen molar-refractivity contribution in [1.82, 2.24) is 25.0 Å². The van der Waals surface area contributed by atoms with Crippen molar-refractivity contribution >= 4 is 28.2 Å². The first-order chi connectivity index (χ1) is 17.9. The summed E-state index contributed by atoms with van der Waals surface area (Å²) in [7, 11) is 0. The van der Waals surface area contributed by atoms with Crippen molar-refractivity contribution in [1.29, 1.82) is 0 Å². The van der Waals surface area contributed by atoms with Crippen molar-refractivity contribution in [2.75, 3.05) is 26.2 Å². The van der Waals surface area contributed by atoms with Gasteiger partial charge in [0.15, 0.2) is 5.88 Å². The maximum atomic E-state index is 12.8. The van der Waals surface area contributed by atoms with E-state index in [1.807, 2.05) is 29.9 Å². The molecule has 9 nitrogen and oxygen atoms in total. The Kier molecular flexibility index (Phi) is 7.62. The Hall–Kier alpha value is -3.17. The van der Waals surface area contributed by atoms with Gasteiger partial charge < -0.3 is 25.0 Å². The SMILES string of the molecule is CCC(=Nc1cnn(C2CCN(C(C)C)CC2)c1)c1c(O)[nH]c2ccc(C(=O)NC[C@H]3CCCO3)cc12. The number of aromatic hydroxyl groups is 1. The number of carbonyl (C=O) groups is 1. The number of hydrogen-bond donors (Lipinski definition) is 3. The van der Waals surface area contributed by atoms with Crippen molar-refractivity contribution in [3.8, 4) is 5.88 Å². The van der Waals surface area contributed by atoms with Crippen LogP contribution in [0.15, 0.2) is 35.6 Å². The monoisotopic (exact) mass is 506 g/mol. The van der Waals surface area contributed by atoms with Crippen molar-refractivity contribution in [2.45, 2.75) is 71.1 Å². The van der Waals surface area contributed by atoms with Crippen molar-refractivity contribution in [3.63, 3.8) is 0 Å². The summed E-state index contributed by atoms with van der Waals surface area (Å²) < 4.78 is 7.65. The van der Waals surface area contributed by atoms with Crippen LogP contribution in [0.4, 0.5) is 5.69 Å². The largest absolute Gasteiger partial charge is 0.494 e. The van der Waals surface area contributed by atoms with Gasteiger partial charge in [0.05, 0.1) is 35.8 Å². The highest BCUT2D eigenvalue weighted by Crippen LogP contribution is 2.31. The highest BCUT2D eigenvalue weighted by molar-refractivity contribution is 6.14. The van der Waals surface area contributed by atoms with E-state index in [1.54, 1.807) is 12.3 Å². The van der Waals surface area contributed by atoms with Crippen LogP contribution >= 0.6 is 0 Å². The van der Waals surface area contributed by atoms with E-state index in [9.17, 15) is 9.90 Å². The minimum absolute atomic E-state index is 0.0564. The molecule has 2 aliphatic rings. The van der Waals surface area contributed by atoms with E-state index in [0.29, 0.717) is 36.2 Å². The van der Waals surface area contributed by atoms with Gasteiger partial charge in [-0.25, -0.2) is 4.99 Å². The predicted octanol–water partition coefficient (Wildman–Crippen LogP) is 4.55. The number of H-pyrrole nitrogens is 1. The molecule has 2 saturated heterocycles. The molecule has 3 N–H and O–H groups in total. The lowest BCUT2D eigenvalue weighted by Gasteiger charge is -2.34. The van der Waals surface area contributed by atoms with Gasteiger partial charge in [-0.15, -0.1) is 0 Å². The second kappa shape index (κ2) is 11.1. The van der Waals surface area contributed by atoms with E-state index in [1.165, 1.54) is 0 Å². The highest BCUT2D eigenvalue weighted by Gasteiger charge is 2.23. The summed E-state index contributed by atoms with van der Waals surface area (Å²) in [5, 5.41) is 19.2. The summed E-state index contributed by atoms with van der Waals surface area (Å²) in [6.07, 6.45) is 8.65. The predicted molar refractivity (Wildman–Crippen MR) is 145 cm³/mol. The van der Waals surface area contributed by atoms with Gasteiger partial charge in [-0.1, -0.05) is 6.92 Å². The summed E-state index contributed by atoms with van der Waals surface area (Å²) in [6, 6.07) is 6.37. The van der Waals surface area contributed by atoms with Gasteiger partial charge >= 0.3 is 0 Å². The molecular formula is C28H38N6O3. The first kappa shape index (κ1) is 25.5. The average molecular weight is 507 g/mol. The molecule has 0 bridgehead atoms. The van der Waals surface area contributed by atoms with Gasteiger partial charge in [-0.05, 0) is 64.2 Å². The standard InChI is InChI=1S/C28H38N6O3/c1-4-24(31-20-15-30-34(17-20)21-9-11-33(12-10-21)18(2)3)26-23-14-19(7-8-25(23)32-28(26)36)27(35)29-16-22-6-5-13-37-22/h7-8,14-15,17-18,21-22,32,36H,4-6,9-13,16H2,1-3H3,(H,29,35)/t22-/m1/s1. The molecule has 2 aliphatic heterocycles. The molecule has 4 heterocycles. The summed E-state index contributed by atoms with van der Waals surface area (Å²) in [5.74, 6) is -0.0928. The topological polar surface area (TPSA) is 108 Å². The molecule has 2 aromatic heterocycles. The quantitative estimate of drug-likeness (QED) is 0.389. The number of aliphatic imine (C=N–C) groups is 1. The van der Waals surface area contributed by atoms with Crippen molar-refractivity contribution in [2.24, 2.45) is 4.99 Å². The molecule has 1 amide bonds. The molecule has 0 unspecified atom stereocenters. The number of carbonyl (C=O) groups excluding carboxylic acids is 1. The number of rotatable bonds is 8. The molecule has 0 aliphatic carbocycles. The van der Waals surface area contributed by atoms with Crippen LogP contribution in [0.2, 0.25) is 0 Å². The molecule has 5 rings (SSSR count). The molecule has 1 aromatic carbocycles. The van der Waals surface area contributed by atoms with Gasteiger partial charge in [-0.2, -0.15) is 5.10 Å². The van der Waals surface area contributed by atoms with Gasteiger partial charge in [0, 0.05) is 48.7 Å². The first-order valence-electron chi connectivity index (χ1n) is 13.5. The molecule has 37 heavy (non-hydrogen) atoms. The summed E-state index contributed by atoms with van der Waals surface area (Å²) >= 11 is 0. The van der Waals surface area contributed by atoms with Crippen LogP contribution in [0.3, 0.4) is 0 Å². The molecular weight excluding hydrogens is 468 g/mol. The Morgan fingerprint density at radius 2 is 2.11 bits per heavy atom. The van der Waals surface area contributed by atoms with Gasteiger partial charge in [-0.3, -0.25) is 9.48 Å². The van der Waals surface area contributed by atoms with Crippen LogP contribution in [-0.2, 0) is 4.74 Å². The van der Waals surface area contributed by atoms with Gasteiger partial charge in [0.25, 0.3) is 5.91 Å². The number of benzene rings is 1. The van der Waals surface area contributed by atoms with Crippen LogP contribution in [0.1, 0.15) is 74.8 Å². The van der Waals surface area contributed by atoms with E-state index in [2.05, 4.69) is 34.1 Å². The zero-order chi connectivity index (χ0) is 25.9. The number of nitrogens with zero attached hydrogens (tertiary/aromatic N) is 4. The zero-order valence-electron chi connectivity index (χ0n) is 22.0. The molecule has 0 radical (unpaired) electrons. The van der Waals surface area contributed by atoms with E-state index in [4.69, 9.17) is 9.73 Å². The number of hydrogen-bond acceptors (Lipinski definition) is 6. The molecule has 198 valence electrons. The van der Waals surface area contributed by atoms with Crippen LogP contribution in [-0.4, -0.2) is 74.8 Å². The van der Waals surface area contributed by atoms with Crippen LogP contribution in [0.25, 0.3) is 10.9 Å². The van der Waals surface area contributed by atoms with E-state index in [-0.39, 0.29) is 17.9 Å². The lowest BCUT2D eigenvalue weighted by molar-refractivity contribution is 0.0858. The number of piperidine rings is 1. The van der Waals surface area contributed by atoms with Crippen LogP contribution in [0, 0.1) is 0 Å². The zero-order valence-corrected chi connectivity index (χ0v) is 22.0. The van der Waals surface area contributed by atoms with Gasteiger partial charge in [0.2, 0.25) is 0 Å². The van der Waals surface area contributed by atoms with E-state index >= 15 is 0 Å². The van der Waals surface area contributed by atoms with Crippen molar-refractivity contribution in [3.05, 3.63) is 41.7 Å². The number of nitrogens with one attached hydrogen (secondary N) is 2. The normalized spacial score (nSPS) is 19.8. The van der Waals surface area contributed by atoms with E-state index < -0.39 is 0 Å². The second-order valence-corrected chi connectivity index (χ2v) is 10.4. The number of aromatic nitrogens is 3. The second-order valence-electron chi connectivity index (χ2n) is 10.4. The van der Waals surface area contributed by atoms with Crippen LogP contribution in [0.5, 0.6) is 5.88 Å². The minimum atomic E-state index is -0.149. The summed E-state index contributed by atoms with van der Waals surface area (Å²) in [6.45, 7) is 9.92. The molecule has 2 fully saturated rings. The highest BCUT2D eigenvalue weighted by atomic mass is 16.5. The fourth-order valence-corrected chi connectivity index (χ4v) is 5.44. The lowest BCUT2D eigenvalue weighted by Crippen LogP contribution is -2.39. The number of ether oxygens (including phenoxy) is 1. The summed E-state index contributed by atoms with van der Waals surface area (Å²) in [5.41, 5.74) is 3.44. The molecule has 0 saturated carbocycles. The fourth-order valence-electron chi connectivity index (χ4n) is 5.44. The Bertz CT molecular complexity index is 1260. The van der Waals surface area contributed by atoms with E-state index in [0.717, 1.165) is 67.7 Å². The maximum Gasteiger partial charge on any atom is 0.251 e. The maximum absolute atomic E-state index is 12.8. The Morgan fingerprint density at radius 3 is 2.81 bits per heavy atom. The van der Waals surface area contributed by atoms with Crippen LogP contribution < -0.4 is 5.32 Å². The minimum Gasteiger partial charge on any atom is -0.494 e. The summed E-state index contributed by atoms with van der Waals surface area (Å²) in [4.78, 5) is 23.2. The third-order valence-corrected chi connectivity index (χ3v) is 7.63. The van der Waals surface area contributed by atoms with Gasteiger partial charge in [0.1, 0.15) is 5.69 Å². The first-order valence-corrected chi connectivity index (χ1v) is 13.5. The molecule has 9 heteroatoms. The Balaban J connectivity index is 1.36. The number of amides is 1. The third-order valence-electron chi connectivity index (χ3n) is 7.63. The molecule has 1 atom stereocenters. The molecule has 3 aromatic rings. The van der Waals surface area contributed by atoms with Crippen molar-refractivity contribution < 1.29 is 14.6 Å². The Morgan fingerprint density at radius 1 is 1.30 bits per heavy atom. The number of likely N-dealkylation sites (tertiary alicyclic amines) is 1. The number of fused-ring (bicyclic) bond motifs is 1. The fraction of sp³-hybridized carbons (Fsp3) is 0.536. The molecule has 0 spiro atoms.